The number of hydrogen-bond acceptors (Lipinski definition) is 2. The van der Waals surface area contributed by atoms with Crippen LogP contribution in [0.5, 0.6) is 0 Å². The Labute approximate surface area is 87.3 Å². The number of carbonyl (C=O) groups is 1. The van der Waals surface area contributed by atoms with Crippen molar-refractivity contribution in [2.45, 2.75) is 47.0 Å². The van der Waals surface area contributed by atoms with Crippen LogP contribution in [-0.4, -0.2) is 12.6 Å². The molecule has 0 aliphatic heterocycles. The van der Waals surface area contributed by atoms with Gasteiger partial charge in [-0.25, -0.2) is 4.79 Å². The maximum atomic E-state index is 11.2. The lowest BCUT2D eigenvalue weighted by Crippen LogP contribution is -2.03. The molecule has 1 unspecified atom stereocenters. The highest BCUT2D eigenvalue weighted by molar-refractivity contribution is 5.82. The third kappa shape index (κ3) is 5.79. The Morgan fingerprint density at radius 2 is 2.00 bits per heavy atom. The Balaban J connectivity index is 4.17. The van der Waals surface area contributed by atoms with Gasteiger partial charge in [-0.05, 0) is 25.7 Å². The van der Waals surface area contributed by atoms with Crippen LogP contribution in [0.2, 0.25) is 0 Å². The first-order chi connectivity index (χ1) is 6.63. The van der Waals surface area contributed by atoms with Crippen LogP contribution in [0.25, 0.3) is 0 Å². The van der Waals surface area contributed by atoms with E-state index in [-0.39, 0.29) is 5.97 Å². The largest absolute Gasteiger partial charge is 0.463 e. The number of ether oxygens (including phenoxy) is 1. The van der Waals surface area contributed by atoms with Gasteiger partial charge in [-0.2, -0.15) is 0 Å². The predicted octanol–water partition coefficient (Wildman–Crippen LogP) is 3.32. The quantitative estimate of drug-likeness (QED) is 0.483. The molecular weight excluding hydrogens is 176 g/mol. The second-order valence-electron chi connectivity index (χ2n) is 3.63. The zero-order valence-corrected chi connectivity index (χ0v) is 9.80. The summed E-state index contributed by atoms with van der Waals surface area (Å²) in [5.41, 5.74) is 1.19. The molecule has 0 aliphatic carbocycles. The molecule has 0 radical (unpaired) electrons. The lowest BCUT2D eigenvalue weighted by atomic mass is 9.97. The molecule has 0 aromatic rings. The second-order valence-corrected chi connectivity index (χ2v) is 3.63. The van der Waals surface area contributed by atoms with Gasteiger partial charge >= 0.3 is 5.97 Å². The van der Waals surface area contributed by atoms with Gasteiger partial charge in [-0.3, -0.25) is 0 Å². The van der Waals surface area contributed by atoms with Crippen molar-refractivity contribution >= 4 is 5.97 Å². The van der Waals surface area contributed by atoms with Crippen LogP contribution in [0.3, 0.4) is 0 Å². The summed E-state index contributed by atoms with van der Waals surface area (Å²) in [6.45, 7) is 8.73. The van der Waals surface area contributed by atoms with Gasteiger partial charge in [-0.15, -0.1) is 0 Å². The summed E-state index contributed by atoms with van der Waals surface area (Å²) in [6, 6.07) is 0. The van der Waals surface area contributed by atoms with E-state index in [1.165, 1.54) is 5.57 Å². The van der Waals surface area contributed by atoms with Crippen molar-refractivity contribution in [3.63, 3.8) is 0 Å². The van der Waals surface area contributed by atoms with Gasteiger partial charge < -0.3 is 4.74 Å². The summed E-state index contributed by atoms with van der Waals surface area (Å²) in [4.78, 5) is 11.2. The summed E-state index contributed by atoms with van der Waals surface area (Å²) in [5.74, 6) is 0.447. The molecule has 1 atom stereocenters. The van der Waals surface area contributed by atoms with E-state index in [1.807, 2.05) is 6.92 Å². The molecule has 0 amide bonds. The molecule has 0 spiro atoms. The van der Waals surface area contributed by atoms with Crippen LogP contribution in [0.4, 0.5) is 0 Å². The van der Waals surface area contributed by atoms with Crippen molar-refractivity contribution in [2.75, 3.05) is 6.61 Å². The number of rotatable bonds is 6. The lowest BCUT2D eigenvalue weighted by molar-refractivity contribution is -0.137. The van der Waals surface area contributed by atoms with E-state index < -0.39 is 0 Å². The minimum Gasteiger partial charge on any atom is -0.463 e. The minimum absolute atomic E-state index is 0.201. The van der Waals surface area contributed by atoms with E-state index in [1.54, 1.807) is 6.08 Å². The Hall–Kier alpha value is -0.790. The third-order valence-corrected chi connectivity index (χ3v) is 2.37. The van der Waals surface area contributed by atoms with Gasteiger partial charge in [0.25, 0.3) is 0 Å². The zero-order valence-electron chi connectivity index (χ0n) is 9.80. The van der Waals surface area contributed by atoms with Crippen LogP contribution in [0.15, 0.2) is 11.6 Å². The predicted molar refractivity (Wildman–Crippen MR) is 59.1 cm³/mol. The van der Waals surface area contributed by atoms with Crippen molar-refractivity contribution < 1.29 is 9.53 Å². The molecular formula is C12H22O2. The van der Waals surface area contributed by atoms with Crippen LogP contribution in [0.1, 0.15) is 47.0 Å². The molecule has 0 aromatic heterocycles. The molecule has 0 N–H and O–H groups in total. The highest BCUT2D eigenvalue weighted by Crippen LogP contribution is 2.16. The summed E-state index contributed by atoms with van der Waals surface area (Å²) >= 11 is 0. The lowest BCUT2D eigenvalue weighted by Gasteiger charge is -2.10. The van der Waals surface area contributed by atoms with Crippen LogP contribution in [0, 0.1) is 5.92 Å². The number of carbonyl (C=O) groups excluding carboxylic acids is 1. The fourth-order valence-electron chi connectivity index (χ4n) is 1.25. The van der Waals surface area contributed by atoms with E-state index in [0.717, 1.165) is 19.3 Å². The second kappa shape index (κ2) is 7.60. The number of esters is 1. The van der Waals surface area contributed by atoms with E-state index in [0.29, 0.717) is 12.5 Å². The molecule has 0 rings (SSSR count). The van der Waals surface area contributed by atoms with Crippen molar-refractivity contribution in [3.05, 3.63) is 11.6 Å². The van der Waals surface area contributed by atoms with Gasteiger partial charge in [0.15, 0.2) is 0 Å². The first-order valence-corrected chi connectivity index (χ1v) is 5.50. The molecule has 0 heterocycles. The van der Waals surface area contributed by atoms with Crippen molar-refractivity contribution in [1.29, 1.82) is 0 Å². The molecule has 82 valence electrons. The molecule has 0 saturated carbocycles. The summed E-state index contributed by atoms with van der Waals surface area (Å²) < 4.78 is 4.87. The summed E-state index contributed by atoms with van der Waals surface area (Å²) in [7, 11) is 0. The zero-order chi connectivity index (χ0) is 11.0. The highest BCUT2D eigenvalue weighted by atomic mass is 16.5. The molecule has 14 heavy (non-hydrogen) atoms. The maximum Gasteiger partial charge on any atom is 0.330 e. The molecule has 2 nitrogen and oxygen atoms in total. The molecule has 2 heteroatoms. The first-order valence-electron chi connectivity index (χ1n) is 5.50. The third-order valence-electron chi connectivity index (χ3n) is 2.37. The van der Waals surface area contributed by atoms with Crippen molar-refractivity contribution in [2.24, 2.45) is 5.92 Å². The molecule has 0 aromatic carbocycles. The Kier molecular flexibility index (Phi) is 7.17. The van der Waals surface area contributed by atoms with Crippen LogP contribution in [-0.2, 0) is 9.53 Å². The van der Waals surface area contributed by atoms with Crippen LogP contribution < -0.4 is 0 Å². The average molecular weight is 198 g/mol. The number of allylic oxidation sites excluding steroid dienone is 1. The van der Waals surface area contributed by atoms with Crippen molar-refractivity contribution in [3.8, 4) is 0 Å². The summed E-state index contributed by atoms with van der Waals surface area (Å²) in [6.07, 6.45) is 4.74. The Bertz CT molecular complexity index is 194. The maximum absolute atomic E-state index is 11.2. The molecule has 0 saturated heterocycles. The number of hydrogen-bond donors (Lipinski definition) is 0. The van der Waals surface area contributed by atoms with E-state index >= 15 is 0 Å². The smallest absolute Gasteiger partial charge is 0.330 e. The van der Waals surface area contributed by atoms with Crippen molar-refractivity contribution in [1.82, 2.24) is 0 Å². The normalized spacial score (nSPS) is 13.9. The van der Waals surface area contributed by atoms with Crippen LogP contribution >= 0.6 is 0 Å². The Morgan fingerprint density at radius 3 is 2.43 bits per heavy atom. The fraction of sp³-hybridized carbons (Fsp3) is 0.750. The standard InChI is InChI=1S/C12H22O2/c1-5-10(4)8-11(6-2)9-12(13)14-7-3/h9-10H,5-8H2,1-4H3/b11-9+. The topological polar surface area (TPSA) is 26.3 Å². The van der Waals surface area contributed by atoms with Gasteiger partial charge in [-0.1, -0.05) is 32.8 Å². The Morgan fingerprint density at radius 1 is 1.36 bits per heavy atom. The fourth-order valence-corrected chi connectivity index (χ4v) is 1.25. The van der Waals surface area contributed by atoms with E-state index in [2.05, 4.69) is 20.8 Å². The SMILES string of the molecule is CCOC(=O)/C=C(\CC)CC(C)CC. The first kappa shape index (κ1) is 13.2. The minimum atomic E-state index is -0.201. The highest BCUT2D eigenvalue weighted by Gasteiger charge is 2.05. The van der Waals surface area contributed by atoms with Gasteiger partial charge in [0.05, 0.1) is 6.61 Å². The van der Waals surface area contributed by atoms with Gasteiger partial charge in [0.1, 0.15) is 0 Å². The van der Waals surface area contributed by atoms with Gasteiger partial charge in [0.2, 0.25) is 0 Å². The molecule has 0 bridgehead atoms. The molecule has 0 aliphatic rings. The molecule has 0 fully saturated rings. The average Bonchev–Trinajstić information content (AvgIpc) is 2.16. The monoisotopic (exact) mass is 198 g/mol. The van der Waals surface area contributed by atoms with E-state index in [9.17, 15) is 4.79 Å². The van der Waals surface area contributed by atoms with E-state index in [4.69, 9.17) is 4.74 Å². The van der Waals surface area contributed by atoms with Gasteiger partial charge in [0, 0.05) is 6.08 Å². The summed E-state index contributed by atoms with van der Waals surface area (Å²) in [5, 5.41) is 0.